The molecule has 5 rings (SSSR count). The van der Waals surface area contributed by atoms with E-state index in [1.165, 1.54) is 40.4 Å². The van der Waals surface area contributed by atoms with Gasteiger partial charge in [-0.05, 0) is 43.9 Å². The zero-order valence-electron chi connectivity index (χ0n) is 14.3. The van der Waals surface area contributed by atoms with Crippen molar-refractivity contribution in [1.29, 1.82) is 0 Å². The minimum atomic E-state index is -0.189. The molecule has 3 heterocycles. The van der Waals surface area contributed by atoms with E-state index >= 15 is 0 Å². The van der Waals surface area contributed by atoms with E-state index in [2.05, 4.69) is 55.4 Å². The molecule has 1 aromatic carbocycles. The first-order valence-corrected chi connectivity index (χ1v) is 8.74. The van der Waals surface area contributed by atoms with Gasteiger partial charge in [0.2, 0.25) is 0 Å². The van der Waals surface area contributed by atoms with Crippen LogP contribution in [0.4, 0.5) is 0 Å². The van der Waals surface area contributed by atoms with E-state index in [1.54, 1.807) is 0 Å². The monoisotopic (exact) mass is 346 g/mol. The first kappa shape index (κ1) is 15.1. The van der Waals surface area contributed by atoms with E-state index in [0.29, 0.717) is 16.9 Å². The summed E-state index contributed by atoms with van der Waals surface area (Å²) in [5.41, 5.74) is 6.43. The van der Waals surface area contributed by atoms with Gasteiger partial charge in [-0.15, -0.1) is 0 Å². The van der Waals surface area contributed by atoms with Gasteiger partial charge in [0.1, 0.15) is 11.8 Å². The van der Waals surface area contributed by atoms with Gasteiger partial charge in [-0.1, -0.05) is 11.6 Å². The number of imidazole rings is 1. The van der Waals surface area contributed by atoms with Crippen molar-refractivity contribution in [1.82, 2.24) is 30.2 Å². The summed E-state index contributed by atoms with van der Waals surface area (Å²) < 4.78 is 0. The minimum absolute atomic E-state index is 0.0856. The van der Waals surface area contributed by atoms with Crippen LogP contribution in [0.25, 0.3) is 22.1 Å². The molecule has 1 unspecified atom stereocenters. The summed E-state index contributed by atoms with van der Waals surface area (Å²) in [6.45, 7) is 2.10. The van der Waals surface area contributed by atoms with E-state index in [0.717, 1.165) is 19.3 Å². The Kier molecular flexibility index (Phi) is 3.28. The number of aryl methyl sites for hydroxylation is 2. The second-order valence-corrected chi connectivity index (χ2v) is 6.87. The van der Waals surface area contributed by atoms with E-state index in [4.69, 9.17) is 0 Å². The van der Waals surface area contributed by atoms with Gasteiger partial charge >= 0.3 is 0 Å². The Bertz CT molecular complexity index is 1140. The van der Waals surface area contributed by atoms with E-state index in [9.17, 15) is 4.79 Å². The highest BCUT2D eigenvalue weighted by atomic mass is 16.2. The summed E-state index contributed by atoms with van der Waals surface area (Å²) in [6, 6.07) is 6.55. The third-order valence-electron chi connectivity index (χ3n) is 5.12. The standard InChI is InChI=1S/C19H18N6O/c1-10-2-4-14-12(6-10)13-7-11(3-5-15(13)25-14)24-19(26)17-16-18(22-8-20-16)23-9-21-17/h2,4,6,8-9,11,25H,3,5,7H2,1H3,(H,24,26)(H,20,21,22,23). The third kappa shape index (κ3) is 2.35. The number of fused-ring (bicyclic) bond motifs is 4. The molecule has 0 fully saturated rings. The fourth-order valence-electron chi connectivity index (χ4n) is 3.85. The molecule has 1 atom stereocenters. The summed E-state index contributed by atoms with van der Waals surface area (Å²) in [5, 5.41) is 4.40. The maximum atomic E-state index is 12.7. The number of carbonyl (C=O) groups excluding carboxylic acids is 1. The molecular formula is C19H18N6O. The average Bonchev–Trinajstić information content (AvgIpc) is 3.25. The molecule has 26 heavy (non-hydrogen) atoms. The van der Waals surface area contributed by atoms with Crippen LogP contribution in [0.15, 0.2) is 30.9 Å². The number of nitrogens with zero attached hydrogens (tertiary/aromatic N) is 3. The fraction of sp³-hybridized carbons (Fsp3) is 0.263. The predicted octanol–water partition coefficient (Wildman–Crippen LogP) is 2.43. The van der Waals surface area contributed by atoms with Crippen molar-refractivity contribution < 1.29 is 4.79 Å². The zero-order valence-corrected chi connectivity index (χ0v) is 14.3. The molecule has 1 aliphatic carbocycles. The molecule has 0 radical (unpaired) electrons. The molecular weight excluding hydrogens is 328 g/mol. The lowest BCUT2D eigenvalue weighted by atomic mass is 9.91. The highest BCUT2D eigenvalue weighted by Crippen LogP contribution is 2.30. The summed E-state index contributed by atoms with van der Waals surface area (Å²) >= 11 is 0. The highest BCUT2D eigenvalue weighted by molar-refractivity contribution is 6.02. The SMILES string of the molecule is Cc1ccc2[nH]c3c(c2c1)CC(NC(=O)c1ncnc2nc[nH]c12)CC3. The summed E-state index contributed by atoms with van der Waals surface area (Å²) in [6.07, 6.45) is 5.55. The molecule has 4 aromatic rings. The number of aromatic amines is 2. The average molecular weight is 346 g/mol. The normalized spacial score (nSPS) is 16.7. The predicted molar refractivity (Wildman–Crippen MR) is 98.0 cm³/mol. The van der Waals surface area contributed by atoms with E-state index < -0.39 is 0 Å². The molecule has 7 nitrogen and oxygen atoms in total. The Hall–Kier alpha value is -3.22. The van der Waals surface area contributed by atoms with Gasteiger partial charge in [-0.2, -0.15) is 0 Å². The van der Waals surface area contributed by atoms with Crippen LogP contribution in [0.5, 0.6) is 0 Å². The number of hydrogen-bond acceptors (Lipinski definition) is 4. The first-order chi connectivity index (χ1) is 12.7. The summed E-state index contributed by atoms with van der Waals surface area (Å²) in [4.78, 5) is 31.5. The van der Waals surface area contributed by atoms with Crippen LogP contribution >= 0.6 is 0 Å². The van der Waals surface area contributed by atoms with Crippen LogP contribution in [-0.4, -0.2) is 36.9 Å². The Balaban J connectivity index is 1.43. The number of benzene rings is 1. The molecule has 0 bridgehead atoms. The van der Waals surface area contributed by atoms with Crippen LogP contribution in [0, 0.1) is 6.92 Å². The lowest BCUT2D eigenvalue weighted by Crippen LogP contribution is -2.39. The lowest BCUT2D eigenvalue weighted by molar-refractivity contribution is 0.0930. The molecule has 7 heteroatoms. The van der Waals surface area contributed by atoms with Crippen molar-refractivity contribution in [2.45, 2.75) is 32.2 Å². The van der Waals surface area contributed by atoms with Crippen LogP contribution < -0.4 is 5.32 Å². The van der Waals surface area contributed by atoms with Crippen molar-refractivity contribution in [2.75, 3.05) is 0 Å². The van der Waals surface area contributed by atoms with Crippen molar-refractivity contribution in [3.63, 3.8) is 0 Å². The van der Waals surface area contributed by atoms with Crippen molar-refractivity contribution >= 4 is 28.0 Å². The molecule has 1 amide bonds. The number of aromatic nitrogens is 5. The van der Waals surface area contributed by atoms with Gasteiger partial charge in [-0.3, -0.25) is 4.79 Å². The second kappa shape index (κ2) is 5.66. The Morgan fingerprint density at radius 1 is 1.27 bits per heavy atom. The Morgan fingerprint density at radius 2 is 2.19 bits per heavy atom. The van der Waals surface area contributed by atoms with Crippen molar-refractivity contribution in [3.05, 3.63) is 53.4 Å². The number of amides is 1. The van der Waals surface area contributed by atoms with E-state index in [-0.39, 0.29) is 11.9 Å². The van der Waals surface area contributed by atoms with Crippen LogP contribution in [-0.2, 0) is 12.8 Å². The molecule has 1 aliphatic rings. The van der Waals surface area contributed by atoms with Gasteiger partial charge in [0.25, 0.3) is 5.91 Å². The number of H-pyrrole nitrogens is 2. The number of rotatable bonds is 2. The number of hydrogen-bond donors (Lipinski definition) is 3. The summed E-state index contributed by atoms with van der Waals surface area (Å²) in [7, 11) is 0. The largest absolute Gasteiger partial charge is 0.358 e. The molecule has 0 saturated heterocycles. The molecule has 3 N–H and O–H groups in total. The highest BCUT2D eigenvalue weighted by Gasteiger charge is 2.25. The Morgan fingerprint density at radius 3 is 3.12 bits per heavy atom. The molecule has 0 aliphatic heterocycles. The lowest BCUT2D eigenvalue weighted by Gasteiger charge is -2.23. The topological polar surface area (TPSA) is 99.3 Å². The van der Waals surface area contributed by atoms with Gasteiger partial charge in [0.05, 0.1) is 6.33 Å². The van der Waals surface area contributed by atoms with Crippen LogP contribution in [0.1, 0.15) is 33.7 Å². The quantitative estimate of drug-likeness (QED) is 0.519. The fourth-order valence-corrected chi connectivity index (χ4v) is 3.85. The van der Waals surface area contributed by atoms with Crippen LogP contribution in [0.2, 0.25) is 0 Å². The van der Waals surface area contributed by atoms with Crippen LogP contribution in [0.3, 0.4) is 0 Å². The van der Waals surface area contributed by atoms with Gasteiger partial charge in [0.15, 0.2) is 11.3 Å². The number of nitrogens with one attached hydrogen (secondary N) is 3. The zero-order chi connectivity index (χ0) is 17.7. The second-order valence-electron chi connectivity index (χ2n) is 6.87. The van der Waals surface area contributed by atoms with Gasteiger partial charge in [0, 0.05) is 22.6 Å². The van der Waals surface area contributed by atoms with Crippen molar-refractivity contribution in [3.8, 4) is 0 Å². The molecule has 130 valence electrons. The minimum Gasteiger partial charge on any atom is -0.358 e. The van der Waals surface area contributed by atoms with Gasteiger partial charge < -0.3 is 15.3 Å². The first-order valence-electron chi connectivity index (χ1n) is 8.74. The van der Waals surface area contributed by atoms with Gasteiger partial charge in [-0.25, -0.2) is 15.0 Å². The molecule has 0 spiro atoms. The molecule has 3 aromatic heterocycles. The molecule has 0 saturated carbocycles. The number of carbonyl (C=O) groups is 1. The third-order valence-corrected chi connectivity index (χ3v) is 5.12. The maximum Gasteiger partial charge on any atom is 0.272 e. The van der Waals surface area contributed by atoms with Crippen molar-refractivity contribution in [2.24, 2.45) is 0 Å². The maximum absolute atomic E-state index is 12.7. The Labute approximate surface area is 149 Å². The summed E-state index contributed by atoms with van der Waals surface area (Å²) in [5.74, 6) is -0.189. The smallest absolute Gasteiger partial charge is 0.272 e. The van der Waals surface area contributed by atoms with E-state index in [1.807, 2.05) is 0 Å².